The average molecular weight is 464 g/mol. The molecule has 170 valence electrons. The lowest BCUT2D eigenvalue weighted by Gasteiger charge is -2.15. The first-order chi connectivity index (χ1) is 16.3. The zero-order chi connectivity index (χ0) is 24.1. The van der Waals surface area contributed by atoms with Gasteiger partial charge >= 0.3 is 6.18 Å². The number of benzene rings is 1. The van der Waals surface area contributed by atoms with Crippen molar-refractivity contribution in [2.24, 2.45) is 0 Å². The van der Waals surface area contributed by atoms with Crippen LogP contribution < -0.4 is 11.1 Å². The Kier molecular flexibility index (Phi) is 6.18. The first-order valence-electron chi connectivity index (χ1n) is 9.66. The van der Waals surface area contributed by atoms with E-state index in [1.807, 2.05) is 0 Å². The molecule has 0 saturated heterocycles. The summed E-state index contributed by atoms with van der Waals surface area (Å²) in [5.41, 5.74) is 5.46. The maximum absolute atomic E-state index is 13.6. The van der Waals surface area contributed by atoms with Crippen LogP contribution in [-0.2, 0) is 12.7 Å². The van der Waals surface area contributed by atoms with E-state index in [0.29, 0.717) is 11.3 Å². The highest BCUT2D eigenvalue weighted by molar-refractivity contribution is 6.04. The predicted octanol–water partition coefficient (Wildman–Crippen LogP) is 2.76. The van der Waals surface area contributed by atoms with Crippen molar-refractivity contribution in [3.05, 3.63) is 89.7 Å². The van der Waals surface area contributed by atoms with Crippen molar-refractivity contribution >= 4 is 17.4 Å². The first-order valence-corrected chi connectivity index (χ1v) is 9.66. The Hall–Kier alpha value is -4.79. The van der Waals surface area contributed by atoms with E-state index < -0.39 is 17.6 Å². The fourth-order valence-electron chi connectivity index (χ4n) is 2.92. The van der Waals surface area contributed by atoms with Crippen LogP contribution in [0.1, 0.15) is 32.7 Å². The van der Waals surface area contributed by atoms with Gasteiger partial charge < -0.3 is 11.1 Å². The maximum Gasteiger partial charge on any atom is 0.416 e. The minimum Gasteiger partial charge on any atom is -0.382 e. The molecule has 9 nitrogen and oxygen atoms in total. The van der Waals surface area contributed by atoms with Gasteiger partial charge in [-0.1, -0.05) is 12.0 Å². The number of nitrogens with zero attached hydrogens (tertiary/aromatic N) is 6. The number of carbonyl (C=O) groups is 1. The molecule has 0 fully saturated rings. The number of halogens is 3. The Bertz CT molecular complexity index is 1370. The van der Waals surface area contributed by atoms with Crippen LogP contribution in [0.2, 0.25) is 0 Å². The third-order valence-corrected chi connectivity index (χ3v) is 4.48. The van der Waals surface area contributed by atoms with E-state index in [2.05, 4.69) is 42.2 Å². The van der Waals surface area contributed by atoms with Crippen LogP contribution in [0.4, 0.5) is 24.7 Å². The van der Waals surface area contributed by atoms with E-state index >= 15 is 0 Å². The number of amides is 1. The van der Waals surface area contributed by atoms with Gasteiger partial charge in [0.05, 0.1) is 30.1 Å². The highest BCUT2D eigenvalue weighted by Crippen LogP contribution is 2.34. The standard InChI is InChI=1S/C22H15F3N8O/c23-22(24,25)19-6-17(4-2-15(19)11-33-13-28-12-31-33)32-21(34)16-5-14(7-27-8-16)1-3-18-9-30-20(26)10-29-18/h2,4-10,12-13H,11H2,(H2,26,30)(H,32,34). The van der Waals surface area contributed by atoms with Gasteiger partial charge in [0, 0.05) is 23.6 Å². The van der Waals surface area contributed by atoms with Crippen LogP contribution in [-0.4, -0.2) is 35.6 Å². The third kappa shape index (κ3) is 5.52. The molecule has 1 amide bonds. The number of anilines is 2. The normalized spacial score (nSPS) is 10.9. The van der Waals surface area contributed by atoms with E-state index in [0.717, 1.165) is 6.07 Å². The highest BCUT2D eigenvalue weighted by atomic mass is 19.4. The SMILES string of the molecule is Nc1cnc(C#Cc2cncc(C(=O)Nc3ccc(Cn4cncn4)c(C(F)(F)F)c3)c2)cn1. The largest absolute Gasteiger partial charge is 0.416 e. The number of aromatic nitrogens is 6. The number of alkyl halides is 3. The van der Waals surface area contributed by atoms with E-state index in [1.165, 1.54) is 60.3 Å². The summed E-state index contributed by atoms with van der Waals surface area (Å²) in [6, 6.07) is 5.01. The minimum absolute atomic E-state index is 0.0132. The molecule has 0 radical (unpaired) electrons. The molecule has 0 aliphatic heterocycles. The monoisotopic (exact) mass is 464 g/mol. The summed E-state index contributed by atoms with van der Waals surface area (Å²) in [6.45, 7) is -0.119. The molecule has 0 saturated carbocycles. The fourth-order valence-corrected chi connectivity index (χ4v) is 2.92. The van der Waals surface area contributed by atoms with Crippen molar-refractivity contribution in [3.63, 3.8) is 0 Å². The predicted molar refractivity (Wildman–Crippen MR) is 115 cm³/mol. The van der Waals surface area contributed by atoms with E-state index in [4.69, 9.17) is 5.73 Å². The van der Waals surface area contributed by atoms with E-state index in [1.54, 1.807) is 0 Å². The Morgan fingerprint density at radius 1 is 1.06 bits per heavy atom. The molecule has 3 aromatic heterocycles. The second kappa shape index (κ2) is 9.37. The maximum atomic E-state index is 13.6. The van der Waals surface area contributed by atoms with Gasteiger partial charge in [-0.05, 0) is 29.7 Å². The summed E-state index contributed by atoms with van der Waals surface area (Å²) in [5.74, 6) is 5.18. The molecule has 1 aromatic carbocycles. The summed E-state index contributed by atoms with van der Waals surface area (Å²) in [7, 11) is 0. The summed E-state index contributed by atoms with van der Waals surface area (Å²) in [5, 5.41) is 6.30. The topological polar surface area (TPSA) is 125 Å². The number of hydrogen-bond donors (Lipinski definition) is 2. The lowest BCUT2D eigenvalue weighted by Crippen LogP contribution is -2.16. The molecule has 4 aromatic rings. The quantitative estimate of drug-likeness (QED) is 0.445. The van der Waals surface area contributed by atoms with Crippen LogP contribution >= 0.6 is 0 Å². The Morgan fingerprint density at radius 3 is 2.62 bits per heavy atom. The molecule has 0 atom stereocenters. The highest BCUT2D eigenvalue weighted by Gasteiger charge is 2.33. The number of nitrogens with two attached hydrogens (primary N) is 1. The molecule has 0 aliphatic rings. The molecule has 0 bridgehead atoms. The van der Waals surface area contributed by atoms with Gasteiger partial charge in [0.25, 0.3) is 5.91 Å². The fraction of sp³-hybridized carbons (Fsp3) is 0.0909. The summed E-state index contributed by atoms with van der Waals surface area (Å²) >= 11 is 0. The van der Waals surface area contributed by atoms with Gasteiger partial charge in [-0.15, -0.1) is 0 Å². The van der Waals surface area contributed by atoms with E-state index in [-0.39, 0.29) is 29.2 Å². The van der Waals surface area contributed by atoms with Gasteiger partial charge in [0.1, 0.15) is 24.2 Å². The van der Waals surface area contributed by atoms with E-state index in [9.17, 15) is 18.0 Å². The van der Waals surface area contributed by atoms with Crippen LogP contribution in [0.3, 0.4) is 0 Å². The second-order valence-electron chi connectivity index (χ2n) is 6.96. The number of nitrogen functional groups attached to an aromatic ring is 1. The molecule has 0 unspecified atom stereocenters. The molecule has 12 heteroatoms. The van der Waals surface area contributed by atoms with Gasteiger partial charge in [-0.2, -0.15) is 18.3 Å². The molecular weight excluding hydrogens is 449 g/mol. The Balaban J connectivity index is 1.53. The van der Waals surface area contributed by atoms with Crippen molar-refractivity contribution in [1.29, 1.82) is 0 Å². The molecule has 3 N–H and O–H groups in total. The molecule has 4 rings (SSSR count). The van der Waals surface area contributed by atoms with Crippen molar-refractivity contribution in [2.45, 2.75) is 12.7 Å². The van der Waals surface area contributed by atoms with Gasteiger partial charge in [0.2, 0.25) is 0 Å². The minimum atomic E-state index is -4.63. The lowest BCUT2D eigenvalue weighted by atomic mass is 10.1. The third-order valence-electron chi connectivity index (χ3n) is 4.48. The zero-order valence-corrected chi connectivity index (χ0v) is 17.3. The van der Waals surface area contributed by atoms with Gasteiger partial charge in [0.15, 0.2) is 0 Å². The first kappa shape index (κ1) is 22.4. The van der Waals surface area contributed by atoms with Gasteiger partial charge in [-0.3, -0.25) is 9.78 Å². The molecular formula is C22H15F3N8O. The Morgan fingerprint density at radius 2 is 1.91 bits per heavy atom. The smallest absolute Gasteiger partial charge is 0.382 e. The van der Waals surface area contributed by atoms with Crippen LogP contribution in [0.25, 0.3) is 0 Å². The van der Waals surface area contributed by atoms with Crippen LogP contribution in [0.15, 0.2) is 61.7 Å². The number of hydrogen-bond acceptors (Lipinski definition) is 7. The van der Waals surface area contributed by atoms with Crippen molar-refractivity contribution < 1.29 is 18.0 Å². The number of pyridine rings is 1. The molecule has 0 spiro atoms. The molecule has 34 heavy (non-hydrogen) atoms. The molecule has 3 heterocycles. The number of nitrogens with one attached hydrogen (secondary N) is 1. The number of rotatable bonds is 4. The van der Waals surface area contributed by atoms with Crippen LogP contribution in [0, 0.1) is 11.8 Å². The van der Waals surface area contributed by atoms with Crippen molar-refractivity contribution in [2.75, 3.05) is 11.1 Å². The summed E-state index contributed by atoms with van der Waals surface area (Å²) in [6.07, 6.45) is 3.41. The van der Waals surface area contributed by atoms with Crippen LogP contribution in [0.5, 0.6) is 0 Å². The average Bonchev–Trinajstić information content (AvgIpc) is 3.32. The number of carbonyl (C=O) groups excluding carboxylic acids is 1. The second-order valence-corrected chi connectivity index (χ2v) is 6.96. The van der Waals surface area contributed by atoms with Gasteiger partial charge in [-0.25, -0.2) is 19.6 Å². The zero-order valence-electron chi connectivity index (χ0n) is 17.3. The van der Waals surface area contributed by atoms with Crippen molar-refractivity contribution in [3.8, 4) is 11.8 Å². The lowest BCUT2D eigenvalue weighted by molar-refractivity contribution is -0.138. The summed E-state index contributed by atoms with van der Waals surface area (Å²) < 4.78 is 42.1. The van der Waals surface area contributed by atoms with Crippen molar-refractivity contribution in [1.82, 2.24) is 29.7 Å². The molecule has 0 aliphatic carbocycles. The summed E-state index contributed by atoms with van der Waals surface area (Å²) in [4.78, 5) is 28.2. The Labute approximate surface area is 190 Å².